The third-order valence-corrected chi connectivity index (χ3v) is 12.0. The van der Waals surface area contributed by atoms with Crippen LogP contribution >= 0.6 is 0 Å². The van der Waals surface area contributed by atoms with Crippen LogP contribution in [0, 0.1) is 29.0 Å². The number of nitrogens with zero attached hydrogens (tertiary/aromatic N) is 3. The van der Waals surface area contributed by atoms with E-state index in [0.717, 1.165) is 32.1 Å². The molecule has 2 heterocycles. The molecule has 2 aliphatic heterocycles. The van der Waals surface area contributed by atoms with Crippen molar-refractivity contribution in [2.75, 3.05) is 26.2 Å². The van der Waals surface area contributed by atoms with Gasteiger partial charge in [0.25, 0.3) is 0 Å². The maximum Gasteiger partial charge on any atom is 0.411 e. The molecular formula is C45H72FN5O7. The molecule has 4 rings (SSSR count). The van der Waals surface area contributed by atoms with Gasteiger partial charge >= 0.3 is 12.2 Å². The zero-order valence-corrected chi connectivity index (χ0v) is 37.3. The van der Waals surface area contributed by atoms with Gasteiger partial charge in [0, 0.05) is 31.6 Å². The molecule has 2 unspecified atom stereocenters. The Morgan fingerprint density at radius 2 is 1.33 bits per heavy atom. The van der Waals surface area contributed by atoms with Gasteiger partial charge in [0.15, 0.2) is 0 Å². The maximum atomic E-state index is 14.7. The molecule has 3 aliphatic rings. The van der Waals surface area contributed by atoms with E-state index in [1.807, 2.05) is 41.5 Å². The van der Waals surface area contributed by atoms with E-state index in [-0.39, 0.29) is 49.1 Å². The van der Waals surface area contributed by atoms with Crippen molar-refractivity contribution in [1.82, 2.24) is 25.3 Å². The first kappa shape index (κ1) is 46.8. The predicted molar refractivity (Wildman–Crippen MR) is 222 cm³/mol. The van der Waals surface area contributed by atoms with E-state index >= 15 is 0 Å². The third kappa shape index (κ3) is 12.3. The molecule has 13 heteroatoms. The van der Waals surface area contributed by atoms with Crippen molar-refractivity contribution in [2.24, 2.45) is 23.2 Å². The van der Waals surface area contributed by atoms with Gasteiger partial charge in [-0.1, -0.05) is 52.2 Å². The van der Waals surface area contributed by atoms with E-state index < -0.39 is 64.2 Å². The number of carbonyl (C=O) groups is 5. The number of likely N-dealkylation sites (tertiary alicyclic amines) is 1. The predicted octanol–water partition coefficient (Wildman–Crippen LogP) is 7.47. The highest BCUT2D eigenvalue weighted by molar-refractivity contribution is 5.92. The van der Waals surface area contributed by atoms with Crippen molar-refractivity contribution >= 4 is 29.9 Å². The number of rotatable bonds is 9. The summed E-state index contributed by atoms with van der Waals surface area (Å²) < 4.78 is 25.7. The Labute approximate surface area is 346 Å². The van der Waals surface area contributed by atoms with Gasteiger partial charge in [0.1, 0.15) is 29.1 Å². The minimum absolute atomic E-state index is 0.00810. The Morgan fingerprint density at radius 3 is 1.83 bits per heavy atom. The largest absolute Gasteiger partial charge is 0.444 e. The summed E-state index contributed by atoms with van der Waals surface area (Å²) in [5.41, 5.74) is -2.07. The summed E-state index contributed by atoms with van der Waals surface area (Å²) in [6, 6.07) is 2.99. The minimum Gasteiger partial charge on any atom is -0.444 e. The van der Waals surface area contributed by atoms with E-state index in [2.05, 4.69) is 10.6 Å². The van der Waals surface area contributed by atoms with Crippen LogP contribution in [0.4, 0.5) is 14.0 Å². The third-order valence-electron chi connectivity index (χ3n) is 12.0. The molecule has 1 saturated carbocycles. The van der Waals surface area contributed by atoms with Crippen molar-refractivity contribution in [2.45, 2.75) is 169 Å². The SMILES string of the molecule is CC(C)C(C)C1CN(C(=O)OC(C)(C)C)[C@H](C(=O)N[C@H](Cc2ccc(F)cc2)C(=O)N2CCC(C(=O)NC(C)(C)C)(C3CCCCC3)CC2)CN1C(=O)OC(C)(C)C. The average molecular weight is 814 g/mol. The first-order valence-electron chi connectivity index (χ1n) is 21.5. The quantitative estimate of drug-likeness (QED) is 0.264. The van der Waals surface area contributed by atoms with Gasteiger partial charge in [-0.05, 0) is 123 Å². The maximum absolute atomic E-state index is 14.7. The highest BCUT2D eigenvalue weighted by atomic mass is 19.1. The smallest absolute Gasteiger partial charge is 0.411 e. The molecule has 3 fully saturated rings. The second-order valence-corrected chi connectivity index (χ2v) is 20.4. The van der Waals surface area contributed by atoms with Crippen LogP contribution in [0.15, 0.2) is 24.3 Å². The van der Waals surface area contributed by atoms with E-state index in [1.54, 1.807) is 58.6 Å². The molecule has 0 aromatic heterocycles. The molecule has 2 saturated heterocycles. The molecule has 0 radical (unpaired) electrons. The normalized spacial score (nSPS) is 21.9. The Hall–Kier alpha value is -3.90. The zero-order valence-electron chi connectivity index (χ0n) is 37.3. The Morgan fingerprint density at radius 1 is 0.793 bits per heavy atom. The lowest BCUT2D eigenvalue weighted by molar-refractivity contribution is -0.148. The van der Waals surface area contributed by atoms with Crippen LogP contribution in [0.3, 0.4) is 0 Å². The number of amides is 5. The molecule has 0 spiro atoms. The number of nitrogens with one attached hydrogen (secondary N) is 2. The van der Waals surface area contributed by atoms with Crippen LogP contribution in [0.1, 0.15) is 134 Å². The van der Waals surface area contributed by atoms with Gasteiger partial charge in [-0.15, -0.1) is 0 Å². The van der Waals surface area contributed by atoms with Gasteiger partial charge in [-0.3, -0.25) is 19.3 Å². The Kier molecular flexibility index (Phi) is 15.0. The average Bonchev–Trinajstić information content (AvgIpc) is 3.12. The molecule has 1 aromatic carbocycles. The van der Waals surface area contributed by atoms with E-state index in [4.69, 9.17) is 9.47 Å². The van der Waals surface area contributed by atoms with Crippen LogP contribution in [0.2, 0.25) is 0 Å². The summed E-state index contributed by atoms with van der Waals surface area (Å²) >= 11 is 0. The second kappa shape index (κ2) is 18.6. The fourth-order valence-electron chi connectivity index (χ4n) is 8.63. The summed E-state index contributed by atoms with van der Waals surface area (Å²) in [6.07, 6.45) is 5.00. The van der Waals surface area contributed by atoms with Crippen molar-refractivity contribution < 1.29 is 37.8 Å². The first-order valence-corrected chi connectivity index (χ1v) is 21.5. The number of halogens is 1. The molecule has 5 amide bonds. The lowest BCUT2D eigenvalue weighted by Crippen LogP contribution is -2.68. The Balaban J connectivity index is 1.68. The highest BCUT2D eigenvalue weighted by Gasteiger charge is 2.50. The molecule has 326 valence electrons. The monoisotopic (exact) mass is 814 g/mol. The zero-order chi connectivity index (χ0) is 43.4. The topological polar surface area (TPSA) is 138 Å². The lowest BCUT2D eigenvalue weighted by atomic mass is 9.63. The molecule has 0 bridgehead atoms. The van der Waals surface area contributed by atoms with Gasteiger partial charge in [0.2, 0.25) is 17.7 Å². The molecule has 2 N–H and O–H groups in total. The van der Waals surface area contributed by atoms with Crippen molar-refractivity contribution in [1.29, 1.82) is 0 Å². The number of piperidine rings is 1. The van der Waals surface area contributed by atoms with Gasteiger partial charge in [-0.2, -0.15) is 0 Å². The van der Waals surface area contributed by atoms with Crippen LogP contribution in [0.25, 0.3) is 0 Å². The summed E-state index contributed by atoms with van der Waals surface area (Å²) in [6.45, 7) is 23.1. The number of piperazine rings is 1. The van der Waals surface area contributed by atoms with E-state index in [0.29, 0.717) is 31.5 Å². The summed E-state index contributed by atoms with van der Waals surface area (Å²) in [7, 11) is 0. The molecule has 4 atom stereocenters. The second-order valence-electron chi connectivity index (χ2n) is 20.4. The van der Waals surface area contributed by atoms with Gasteiger partial charge in [0.05, 0.1) is 18.0 Å². The Bertz CT molecular complexity index is 1600. The summed E-state index contributed by atoms with van der Waals surface area (Å²) in [5, 5.41) is 6.23. The standard InChI is InChI=1S/C45H72FN5O7/c1-29(2)30(3)35-27-51(41(56)58-44(10,11)12)36(28-50(35)40(55)57-43(7,8)9)37(52)47-34(26-31-18-20-33(46)21-19-31)38(53)49-24-22-45(23-25-49,32-16-14-13-15-17-32)39(54)48-42(4,5)6/h18-21,29-30,32,34-36H,13-17,22-28H2,1-12H3,(H,47,52)(H,48,54)/t30?,34-,35?,36+/m1/s1. The lowest BCUT2D eigenvalue weighted by Gasteiger charge is -2.48. The molecule has 58 heavy (non-hydrogen) atoms. The van der Waals surface area contributed by atoms with Crippen molar-refractivity contribution in [3.05, 3.63) is 35.6 Å². The number of benzene rings is 1. The van der Waals surface area contributed by atoms with Gasteiger partial charge in [-0.25, -0.2) is 14.0 Å². The number of ether oxygens (including phenoxy) is 2. The highest BCUT2D eigenvalue weighted by Crippen LogP contribution is 2.46. The van der Waals surface area contributed by atoms with Gasteiger partial charge < -0.3 is 29.9 Å². The molecule has 12 nitrogen and oxygen atoms in total. The molecule has 1 aliphatic carbocycles. The van der Waals surface area contributed by atoms with Crippen LogP contribution in [-0.2, 0) is 30.3 Å². The first-order chi connectivity index (χ1) is 26.8. The number of carbonyl (C=O) groups excluding carboxylic acids is 5. The fourth-order valence-corrected chi connectivity index (χ4v) is 8.63. The van der Waals surface area contributed by atoms with Crippen molar-refractivity contribution in [3.8, 4) is 0 Å². The molecular weight excluding hydrogens is 742 g/mol. The van der Waals surface area contributed by atoms with Crippen molar-refractivity contribution in [3.63, 3.8) is 0 Å². The van der Waals surface area contributed by atoms with Crippen LogP contribution < -0.4 is 10.6 Å². The minimum atomic E-state index is -1.22. The summed E-state index contributed by atoms with van der Waals surface area (Å²) in [5.74, 6) is -1.10. The fraction of sp³-hybridized carbons (Fsp3) is 0.756. The number of hydrogen-bond donors (Lipinski definition) is 2. The summed E-state index contributed by atoms with van der Waals surface area (Å²) in [4.78, 5) is 75.9. The number of hydrogen-bond acceptors (Lipinski definition) is 7. The van der Waals surface area contributed by atoms with Crippen LogP contribution in [0.5, 0.6) is 0 Å². The van der Waals surface area contributed by atoms with E-state index in [1.165, 1.54) is 21.9 Å². The molecule has 1 aromatic rings. The van der Waals surface area contributed by atoms with Crippen LogP contribution in [-0.4, -0.2) is 106 Å². The van der Waals surface area contributed by atoms with E-state index in [9.17, 15) is 28.4 Å².